The average molecular weight is 124 g/mol. The Bertz CT molecular complexity index is 142. The second-order valence-electron chi connectivity index (χ2n) is 3.01. The van der Waals surface area contributed by atoms with E-state index in [0.717, 1.165) is 0 Å². The lowest BCUT2D eigenvalue weighted by molar-refractivity contribution is 0.329. The molecule has 0 amide bonds. The molecule has 1 saturated carbocycles. The minimum Gasteiger partial charge on any atom is -0.362 e. The highest BCUT2D eigenvalue weighted by Crippen LogP contribution is 2.48. The Labute approximate surface area is 55.7 Å². The second-order valence-corrected chi connectivity index (χ2v) is 3.01. The molecule has 9 heavy (non-hydrogen) atoms. The van der Waals surface area contributed by atoms with Gasteiger partial charge in [0.25, 0.3) is 0 Å². The summed E-state index contributed by atoms with van der Waals surface area (Å²) in [5.41, 5.74) is 0.151. The summed E-state index contributed by atoms with van der Waals surface area (Å²) in [5, 5.41) is 0. The normalized spacial score (nSPS) is 47.8. The summed E-state index contributed by atoms with van der Waals surface area (Å²) >= 11 is 0. The molecule has 0 bridgehead atoms. The van der Waals surface area contributed by atoms with Gasteiger partial charge in [0.2, 0.25) is 0 Å². The summed E-state index contributed by atoms with van der Waals surface area (Å²) in [5.74, 6) is 0. The number of ether oxygens (including phenoxy) is 1. The van der Waals surface area contributed by atoms with Crippen molar-refractivity contribution in [1.82, 2.24) is 0 Å². The lowest BCUT2D eigenvalue weighted by Gasteiger charge is -2.11. The van der Waals surface area contributed by atoms with Crippen molar-refractivity contribution in [3.05, 3.63) is 12.7 Å². The summed E-state index contributed by atoms with van der Waals surface area (Å²) in [6, 6.07) is 0. The number of epoxide rings is 1. The van der Waals surface area contributed by atoms with E-state index in [1.165, 1.54) is 25.7 Å². The third kappa shape index (κ3) is 0.645. The summed E-state index contributed by atoms with van der Waals surface area (Å²) in [6.07, 6.45) is 7.66. The van der Waals surface area contributed by atoms with Gasteiger partial charge in [-0.2, -0.15) is 0 Å². The van der Waals surface area contributed by atoms with Gasteiger partial charge in [0.1, 0.15) is 5.60 Å². The van der Waals surface area contributed by atoms with Crippen LogP contribution in [0.3, 0.4) is 0 Å². The molecule has 2 aliphatic rings. The SMILES string of the molecule is C=C[C@@]12CCCC[C@@H]1O2. The van der Waals surface area contributed by atoms with Crippen molar-refractivity contribution in [3.8, 4) is 0 Å². The van der Waals surface area contributed by atoms with Gasteiger partial charge >= 0.3 is 0 Å². The fourth-order valence-corrected chi connectivity index (χ4v) is 1.77. The minimum atomic E-state index is 0.151. The van der Waals surface area contributed by atoms with Crippen molar-refractivity contribution < 1.29 is 4.74 Å². The maximum absolute atomic E-state index is 5.50. The maximum Gasteiger partial charge on any atom is 0.113 e. The zero-order valence-corrected chi connectivity index (χ0v) is 5.60. The highest BCUT2D eigenvalue weighted by atomic mass is 16.6. The molecule has 50 valence electrons. The smallest absolute Gasteiger partial charge is 0.113 e. The van der Waals surface area contributed by atoms with Crippen LogP contribution >= 0.6 is 0 Å². The first-order chi connectivity index (χ1) is 4.37. The zero-order chi connectivity index (χ0) is 6.32. The fraction of sp³-hybridized carbons (Fsp3) is 0.750. The summed E-state index contributed by atoms with van der Waals surface area (Å²) in [4.78, 5) is 0. The third-order valence-electron chi connectivity index (χ3n) is 2.48. The lowest BCUT2D eigenvalue weighted by atomic mass is 9.89. The highest BCUT2D eigenvalue weighted by molar-refractivity contribution is 5.15. The van der Waals surface area contributed by atoms with Crippen LogP contribution in [0.5, 0.6) is 0 Å². The van der Waals surface area contributed by atoms with Crippen LogP contribution in [0.1, 0.15) is 25.7 Å². The van der Waals surface area contributed by atoms with Crippen LogP contribution in [0, 0.1) is 0 Å². The van der Waals surface area contributed by atoms with Gasteiger partial charge in [-0.25, -0.2) is 0 Å². The number of hydrogen-bond acceptors (Lipinski definition) is 1. The number of fused-ring (bicyclic) bond motifs is 1. The molecule has 2 fully saturated rings. The van der Waals surface area contributed by atoms with Gasteiger partial charge in [-0.3, -0.25) is 0 Å². The van der Waals surface area contributed by atoms with Crippen molar-refractivity contribution in [2.24, 2.45) is 0 Å². The molecule has 0 aromatic rings. The molecule has 1 heteroatoms. The van der Waals surface area contributed by atoms with Gasteiger partial charge in [0.05, 0.1) is 6.10 Å². The topological polar surface area (TPSA) is 12.5 Å². The molecule has 0 aromatic heterocycles. The second kappa shape index (κ2) is 1.60. The first-order valence-electron chi connectivity index (χ1n) is 3.69. The predicted octanol–water partition coefficient (Wildman–Crippen LogP) is 1.88. The molecular formula is C8H12O. The van der Waals surface area contributed by atoms with Gasteiger partial charge in [0.15, 0.2) is 0 Å². The van der Waals surface area contributed by atoms with E-state index < -0.39 is 0 Å². The Balaban J connectivity index is 2.09. The van der Waals surface area contributed by atoms with Gasteiger partial charge in [-0.1, -0.05) is 18.9 Å². The predicted molar refractivity (Wildman–Crippen MR) is 36.3 cm³/mol. The van der Waals surface area contributed by atoms with Crippen LogP contribution in [-0.4, -0.2) is 11.7 Å². The molecule has 2 rings (SSSR count). The van der Waals surface area contributed by atoms with Crippen molar-refractivity contribution in [3.63, 3.8) is 0 Å². The van der Waals surface area contributed by atoms with Crippen molar-refractivity contribution in [1.29, 1.82) is 0 Å². The largest absolute Gasteiger partial charge is 0.362 e. The van der Waals surface area contributed by atoms with Gasteiger partial charge < -0.3 is 4.74 Å². The van der Waals surface area contributed by atoms with E-state index in [0.29, 0.717) is 6.10 Å². The molecule has 0 spiro atoms. The van der Waals surface area contributed by atoms with Crippen molar-refractivity contribution in [2.75, 3.05) is 0 Å². The molecule has 1 nitrogen and oxygen atoms in total. The average Bonchev–Trinajstić information content (AvgIpc) is 2.62. The fourth-order valence-electron chi connectivity index (χ4n) is 1.77. The molecule has 1 saturated heterocycles. The first-order valence-corrected chi connectivity index (χ1v) is 3.69. The Morgan fingerprint density at radius 2 is 2.44 bits per heavy atom. The molecule has 1 aliphatic carbocycles. The Hall–Kier alpha value is -0.300. The lowest BCUT2D eigenvalue weighted by Crippen LogP contribution is -2.15. The van der Waals surface area contributed by atoms with E-state index in [1.807, 2.05) is 6.08 Å². The molecule has 2 atom stereocenters. The Morgan fingerprint density at radius 1 is 1.56 bits per heavy atom. The van der Waals surface area contributed by atoms with Crippen LogP contribution in [0.4, 0.5) is 0 Å². The number of rotatable bonds is 1. The molecule has 0 N–H and O–H groups in total. The maximum atomic E-state index is 5.50. The van der Waals surface area contributed by atoms with Gasteiger partial charge in [-0.15, -0.1) is 6.58 Å². The quantitative estimate of drug-likeness (QED) is 0.384. The molecule has 0 aromatic carbocycles. The zero-order valence-electron chi connectivity index (χ0n) is 5.60. The van der Waals surface area contributed by atoms with E-state index >= 15 is 0 Å². The minimum absolute atomic E-state index is 0.151. The van der Waals surface area contributed by atoms with Crippen molar-refractivity contribution in [2.45, 2.75) is 37.4 Å². The highest BCUT2D eigenvalue weighted by Gasteiger charge is 2.54. The van der Waals surface area contributed by atoms with Crippen LogP contribution in [0.2, 0.25) is 0 Å². The number of hydrogen-bond donors (Lipinski definition) is 0. The van der Waals surface area contributed by atoms with Crippen molar-refractivity contribution >= 4 is 0 Å². The summed E-state index contributed by atoms with van der Waals surface area (Å²) in [6.45, 7) is 3.77. The first kappa shape index (κ1) is 5.48. The molecule has 1 aliphatic heterocycles. The monoisotopic (exact) mass is 124 g/mol. The van der Waals surface area contributed by atoms with Gasteiger partial charge in [-0.05, 0) is 12.8 Å². The summed E-state index contributed by atoms with van der Waals surface area (Å²) < 4.78 is 5.50. The molecule has 0 radical (unpaired) electrons. The molecule has 1 heterocycles. The van der Waals surface area contributed by atoms with E-state index in [9.17, 15) is 0 Å². The van der Waals surface area contributed by atoms with Gasteiger partial charge in [0, 0.05) is 0 Å². The van der Waals surface area contributed by atoms with Crippen LogP contribution < -0.4 is 0 Å². The van der Waals surface area contributed by atoms with Crippen LogP contribution in [0.25, 0.3) is 0 Å². The van der Waals surface area contributed by atoms with Crippen LogP contribution in [-0.2, 0) is 4.74 Å². The summed E-state index contributed by atoms with van der Waals surface area (Å²) in [7, 11) is 0. The van der Waals surface area contributed by atoms with Crippen LogP contribution in [0.15, 0.2) is 12.7 Å². The van der Waals surface area contributed by atoms with E-state index in [1.54, 1.807) is 0 Å². The Kier molecular flexibility index (Phi) is 0.974. The van der Waals surface area contributed by atoms with E-state index in [4.69, 9.17) is 4.74 Å². The van der Waals surface area contributed by atoms with E-state index in [2.05, 4.69) is 6.58 Å². The molecular weight excluding hydrogens is 112 g/mol. The standard InChI is InChI=1S/C8H12O/c1-2-8-6-4-3-5-7(8)9-8/h2,7H,1,3-6H2/t7-,8+/m0/s1. The van der Waals surface area contributed by atoms with E-state index in [-0.39, 0.29) is 5.60 Å². The molecule has 0 unspecified atom stereocenters. The third-order valence-corrected chi connectivity index (χ3v) is 2.48. The Morgan fingerprint density at radius 3 is 3.00 bits per heavy atom.